The van der Waals surface area contributed by atoms with Crippen LogP contribution < -0.4 is 10.1 Å². The summed E-state index contributed by atoms with van der Waals surface area (Å²) in [4.78, 5) is 36.3. The van der Waals surface area contributed by atoms with E-state index in [1.165, 1.54) is 11.9 Å². The third-order valence-electron chi connectivity index (χ3n) is 5.43. The van der Waals surface area contributed by atoms with Crippen molar-refractivity contribution in [2.24, 2.45) is 5.92 Å². The molecular formula is C21H29N3O4. The minimum absolute atomic E-state index is 0.0353. The fourth-order valence-corrected chi connectivity index (χ4v) is 3.85. The zero-order valence-electron chi connectivity index (χ0n) is 16.8. The van der Waals surface area contributed by atoms with E-state index in [0.717, 1.165) is 38.0 Å². The number of benzene rings is 1. The first kappa shape index (κ1) is 20.3. The number of amides is 3. The monoisotopic (exact) mass is 387 g/mol. The molecule has 1 N–H and O–H groups in total. The van der Waals surface area contributed by atoms with Crippen molar-refractivity contribution >= 4 is 17.7 Å². The van der Waals surface area contributed by atoms with E-state index < -0.39 is 6.04 Å². The summed E-state index contributed by atoms with van der Waals surface area (Å²) < 4.78 is 5.76. The molecule has 2 atom stereocenters. The fraction of sp³-hybridized carbons (Fsp3) is 0.571. The van der Waals surface area contributed by atoms with Crippen LogP contribution in [0.4, 0.5) is 4.79 Å². The van der Waals surface area contributed by atoms with E-state index in [0.29, 0.717) is 12.2 Å². The van der Waals surface area contributed by atoms with E-state index in [4.69, 9.17) is 4.74 Å². The lowest BCUT2D eigenvalue weighted by atomic mass is 10.1. The molecule has 0 bridgehead atoms. The smallest absolute Gasteiger partial charge is 0.339 e. The first-order valence-electron chi connectivity index (χ1n) is 10.0. The van der Waals surface area contributed by atoms with Crippen LogP contribution in [0.3, 0.4) is 0 Å². The number of ether oxygens (including phenoxy) is 1. The molecule has 0 unspecified atom stereocenters. The summed E-state index contributed by atoms with van der Waals surface area (Å²) >= 11 is 0. The highest BCUT2D eigenvalue weighted by Gasteiger charge is 2.45. The van der Waals surface area contributed by atoms with Crippen LogP contribution in [0.2, 0.25) is 0 Å². The largest absolute Gasteiger partial charge is 0.494 e. The topological polar surface area (TPSA) is 79.0 Å². The maximum Gasteiger partial charge on any atom is 0.339 e. The van der Waals surface area contributed by atoms with Crippen molar-refractivity contribution in [1.29, 1.82) is 0 Å². The van der Waals surface area contributed by atoms with Gasteiger partial charge < -0.3 is 10.1 Å². The summed E-state index contributed by atoms with van der Waals surface area (Å²) in [6.07, 6.45) is 3.62. The number of nitrogens with zero attached hydrogens (tertiary/aromatic N) is 2. The zero-order chi connectivity index (χ0) is 20.3. The molecule has 7 heteroatoms. The Morgan fingerprint density at radius 2 is 1.96 bits per heavy atom. The molecule has 2 fully saturated rings. The number of ketones is 1. The minimum atomic E-state index is -0.435. The van der Waals surface area contributed by atoms with Gasteiger partial charge in [-0.15, -0.1) is 0 Å². The molecule has 152 valence electrons. The highest BCUT2D eigenvalue weighted by molar-refractivity contribution is 6.03. The second kappa shape index (κ2) is 8.73. The number of nitrogens with one attached hydrogen (secondary N) is 1. The van der Waals surface area contributed by atoms with Crippen molar-refractivity contribution in [3.63, 3.8) is 0 Å². The first-order valence-corrected chi connectivity index (χ1v) is 10.0. The third kappa shape index (κ3) is 4.35. The van der Waals surface area contributed by atoms with Crippen LogP contribution in [-0.4, -0.2) is 53.0 Å². The average Bonchev–Trinajstić information content (AvgIpc) is 3.22. The lowest BCUT2D eigenvalue weighted by molar-refractivity contribution is -0.141. The Morgan fingerprint density at radius 3 is 2.57 bits per heavy atom. The summed E-state index contributed by atoms with van der Waals surface area (Å²) in [5.41, 5.74) is 0.669. The lowest BCUT2D eigenvalue weighted by Crippen LogP contribution is -2.49. The summed E-state index contributed by atoms with van der Waals surface area (Å²) in [6.45, 7) is 6.70. The van der Waals surface area contributed by atoms with Gasteiger partial charge in [-0.05, 0) is 62.8 Å². The number of carbonyl (C=O) groups excluding carboxylic acids is 3. The van der Waals surface area contributed by atoms with Gasteiger partial charge in [-0.25, -0.2) is 9.80 Å². The van der Waals surface area contributed by atoms with Crippen LogP contribution in [0.25, 0.3) is 0 Å². The number of Topliss-reactive ketones (excluding diaryl/α,β-unsaturated/α-hetero) is 1. The van der Waals surface area contributed by atoms with Crippen molar-refractivity contribution in [2.75, 3.05) is 13.2 Å². The predicted octanol–water partition coefficient (Wildman–Crippen LogP) is 3.00. The van der Waals surface area contributed by atoms with Gasteiger partial charge in [-0.2, -0.15) is 5.01 Å². The molecule has 2 aliphatic heterocycles. The lowest BCUT2D eigenvalue weighted by Gasteiger charge is -2.31. The van der Waals surface area contributed by atoms with Gasteiger partial charge in [0.2, 0.25) is 0 Å². The van der Waals surface area contributed by atoms with Crippen molar-refractivity contribution in [3.8, 4) is 5.75 Å². The summed E-state index contributed by atoms with van der Waals surface area (Å²) in [5, 5.41) is 6.05. The Kier molecular flexibility index (Phi) is 6.34. The normalized spacial score (nSPS) is 22.8. The van der Waals surface area contributed by atoms with Crippen molar-refractivity contribution in [3.05, 3.63) is 29.8 Å². The van der Waals surface area contributed by atoms with E-state index >= 15 is 0 Å². The predicted molar refractivity (Wildman–Crippen MR) is 105 cm³/mol. The molecule has 0 radical (unpaired) electrons. The fourth-order valence-electron chi connectivity index (χ4n) is 3.85. The SMILES string of the molecule is CC(=O)c1ccc(OCCC[C@H]2CCCN2N2C(=O)N[C@H](C(C)C)C2=O)cc1. The number of imide groups is 1. The van der Waals surface area contributed by atoms with E-state index in [2.05, 4.69) is 5.32 Å². The third-order valence-corrected chi connectivity index (χ3v) is 5.43. The van der Waals surface area contributed by atoms with Crippen LogP contribution in [0.15, 0.2) is 24.3 Å². The Labute approximate surface area is 166 Å². The molecule has 28 heavy (non-hydrogen) atoms. The molecule has 2 heterocycles. The Bertz CT molecular complexity index is 732. The molecule has 1 aromatic carbocycles. The number of hydrogen-bond acceptors (Lipinski definition) is 5. The van der Waals surface area contributed by atoms with E-state index in [1.54, 1.807) is 24.3 Å². The highest BCUT2D eigenvalue weighted by atomic mass is 16.5. The quantitative estimate of drug-likeness (QED) is 0.421. The minimum Gasteiger partial charge on any atom is -0.494 e. The standard InChI is InChI=1S/C21H29N3O4/c1-14(2)19-20(26)24(21(27)22-19)23-12-4-6-17(23)7-5-13-28-18-10-8-16(9-11-18)15(3)25/h8-11,14,17,19H,4-7,12-13H2,1-3H3,(H,22,27)/t17-,19-/m1/s1. The van der Waals surface area contributed by atoms with E-state index in [-0.39, 0.29) is 29.7 Å². The van der Waals surface area contributed by atoms with Crippen LogP contribution in [0.5, 0.6) is 5.75 Å². The average molecular weight is 387 g/mol. The second-order valence-corrected chi connectivity index (χ2v) is 7.85. The van der Waals surface area contributed by atoms with E-state index in [1.807, 2.05) is 18.9 Å². The molecular weight excluding hydrogens is 358 g/mol. The van der Waals surface area contributed by atoms with Gasteiger partial charge in [0, 0.05) is 18.2 Å². The number of hydrogen-bond donors (Lipinski definition) is 1. The van der Waals surface area contributed by atoms with Gasteiger partial charge in [0.1, 0.15) is 11.8 Å². The molecule has 3 amide bonds. The number of urea groups is 1. The van der Waals surface area contributed by atoms with Gasteiger partial charge in [0.15, 0.2) is 5.78 Å². The molecule has 7 nitrogen and oxygen atoms in total. The molecule has 0 saturated carbocycles. The molecule has 3 rings (SSSR count). The summed E-state index contributed by atoms with van der Waals surface area (Å²) in [6, 6.07) is 6.56. The Hall–Kier alpha value is -2.41. The van der Waals surface area contributed by atoms with Gasteiger partial charge in [0.25, 0.3) is 5.91 Å². The Morgan fingerprint density at radius 1 is 1.25 bits per heavy atom. The van der Waals surface area contributed by atoms with E-state index in [9.17, 15) is 14.4 Å². The number of carbonyl (C=O) groups is 3. The van der Waals surface area contributed by atoms with Crippen molar-refractivity contribution < 1.29 is 19.1 Å². The summed E-state index contributed by atoms with van der Waals surface area (Å²) in [7, 11) is 0. The Balaban J connectivity index is 1.50. The first-order chi connectivity index (χ1) is 13.4. The molecule has 0 spiro atoms. The van der Waals surface area contributed by atoms with Crippen LogP contribution in [-0.2, 0) is 4.79 Å². The number of hydrazine groups is 1. The highest BCUT2D eigenvalue weighted by Crippen LogP contribution is 2.27. The number of rotatable bonds is 8. The molecule has 2 saturated heterocycles. The van der Waals surface area contributed by atoms with Crippen LogP contribution in [0.1, 0.15) is 56.8 Å². The van der Waals surface area contributed by atoms with Crippen LogP contribution >= 0.6 is 0 Å². The van der Waals surface area contributed by atoms with Gasteiger partial charge in [0.05, 0.1) is 6.61 Å². The van der Waals surface area contributed by atoms with Gasteiger partial charge in [-0.3, -0.25) is 9.59 Å². The van der Waals surface area contributed by atoms with Gasteiger partial charge in [-0.1, -0.05) is 13.8 Å². The molecule has 1 aromatic rings. The second-order valence-electron chi connectivity index (χ2n) is 7.85. The molecule has 0 aliphatic carbocycles. The maximum atomic E-state index is 12.6. The van der Waals surface area contributed by atoms with Crippen LogP contribution in [0, 0.1) is 5.92 Å². The maximum absolute atomic E-state index is 12.6. The van der Waals surface area contributed by atoms with Crippen molar-refractivity contribution in [1.82, 2.24) is 15.3 Å². The van der Waals surface area contributed by atoms with Crippen molar-refractivity contribution in [2.45, 2.75) is 58.5 Å². The van der Waals surface area contributed by atoms with Gasteiger partial charge >= 0.3 is 6.03 Å². The molecule has 2 aliphatic rings. The zero-order valence-corrected chi connectivity index (χ0v) is 16.8. The summed E-state index contributed by atoms with van der Waals surface area (Å²) in [5.74, 6) is 0.703. The molecule has 0 aromatic heterocycles.